The number of fused-ring (bicyclic) bond motifs is 3. The van der Waals surface area contributed by atoms with E-state index in [0.717, 1.165) is 38.5 Å². The van der Waals surface area contributed by atoms with E-state index in [1.54, 1.807) is 47.6 Å². The van der Waals surface area contributed by atoms with E-state index < -0.39 is 29.5 Å². The van der Waals surface area contributed by atoms with Crippen LogP contribution in [-0.2, 0) is 27.4 Å². The molecule has 3 N–H and O–H groups in total. The molecule has 0 spiro atoms. The van der Waals surface area contributed by atoms with Crippen molar-refractivity contribution < 1.29 is 33.2 Å². The van der Waals surface area contributed by atoms with Crippen LogP contribution in [0.25, 0.3) is 32.9 Å². The molecule has 0 aliphatic carbocycles. The average Bonchev–Trinajstić information content (AvgIpc) is 3.05. The maximum absolute atomic E-state index is 12.8. The molecule has 0 aliphatic heterocycles. The molecule has 1 aromatic heterocycles. The molecule has 0 radical (unpaired) electrons. The first-order valence-electron chi connectivity index (χ1n) is 16.7. The number of aliphatic imine (C=N–C) groups is 1. The quantitative estimate of drug-likeness (QED) is 0.0526. The van der Waals surface area contributed by atoms with Crippen molar-refractivity contribution in [3.8, 4) is 11.3 Å². The Morgan fingerprint density at radius 1 is 0.692 bits per heavy atom. The number of nitrogens with zero attached hydrogens (tertiary/aromatic N) is 2. The standard InChI is InChI=1S/C40H43N5O6.ClH/c1-8-45-33-24-29(42-36(46)49-25-26-15-11-9-12-16-26)20-22-31(33)30-21-19-28(23-32(30)34(45)27-17-13-10-14-18-27)41-35(43-37(47)50-39(2,3)4)44-38(48)51-40(5,6)7;/h9-24H,8,25H2,1-7H3,(H2,41,43,44,47,48);1H/p+1. The Balaban J connectivity index is 0.00000605. The van der Waals surface area contributed by atoms with Gasteiger partial charge in [-0.25, -0.2) is 19.4 Å². The minimum atomic E-state index is -0.786. The number of aryl methyl sites for hydroxylation is 1. The highest BCUT2D eigenvalue weighted by molar-refractivity contribution is 6.11. The lowest BCUT2D eigenvalue weighted by molar-refractivity contribution is -0.655. The van der Waals surface area contributed by atoms with Crippen molar-refractivity contribution >= 4 is 69.7 Å². The van der Waals surface area contributed by atoms with E-state index in [-0.39, 0.29) is 25.0 Å². The summed E-state index contributed by atoms with van der Waals surface area (Å²) in [4.78, 5) is 42.9. The maximum Gasteiger partial charge on any atom is 0.414 e. The van der Waals surface area contributed by atoms with Crippen LogP contribution in [0.4, 0.5) is 25.8 Å². The highest BCUT2D eigenvalue weighted by Gasteiger charge is 2.25. The molecule has 0 saturated heterocycles. The smallest absolute Gasteiger partial charge is 0.414 e. The van der Waals surface area contributed by atoms with Gasteiger partial charge in [-0.15, -0.1) is 12.4 Å². The fourth-order valence-electron chi connectivity index (χ4n) is 5.49. The average molecular weight is 727 g/mol. The molecule has 0 unspecified atom stereocenters. The Morgan fingerprint density at radius 2 is 1.27 bits per heavy atom. The van der Waals surface area contributed by atoms with Crippen LogP contribution < -0.4 is 20.5 Å². The van der Waals surface area contributed by atoms with Gasteiger partial charge in [0.1, 0.15) is 24.4 Å². The Labute approximate surface area is 309 Å². The minimum absolute atomic E-state index is 0. The summed E-state index contributed by atoms with van der Waals surface area (Å²) in [6.45, 7) is 13.3. The number of alkyl carbamates (subject to hydrolysis) is 2. The molecule has 0 aliphatic rings. The number of guanidine groups is 1. The van der Waals surface area contributed by atoms with Gasteiger partial charge in [0.15, 0.2) is 0 Å². The van der Waals surface area contributed by atoms with Crippen LogP contribution in [0.5, 0.6) is 0 Å². The van der Waals surface area contributed by atoms with Crippen LogP contribution in [0.2, 0.25) is 0 Å². The van der Waals surface area contributed by atoms with Gasteiger partial charge in [0.05, 0.1) is 22.1 Å². The van der Waals surface area contributed by atoms with Gasteiger partial charge in [0.25, 0.3) is 0 Å². The number of carbonyl (C=O) groups is 3. The number of halogens is 1. The second-order valence-corrected chi connectivity index (χ2v) is 13.8. The summed E-state index contributed by atoms with van der Waals surface area (Å²) in [5.41, 5.74) is 3.18. The highest BCUT2D eigenvalue weighted by atomic mass is 35.5. The summed E-state index contributed by atoms with van der Waals surface area (Å²) in [6, 6.07) is 30.9. The lowest BCUT2D eigenvalue weighted by atomic mass is 9.98. The van der Waals surface area contributed by atoms with E-state index in [2.05, 4.69) is 32.4 Å². The zero-order chi connectivity index (χ0) is 36.8. The van der Waals surface area contributed by atoms with Crippen LogP contribution in [0.15, 0.2) is 102 Å². The molecule has 0 atom stereocenters. The predicted octanol–water partition coefficient (Wildman–Crippen LogP) is 9.17. The lowest BCUT2D eigenvalue weighted by Crippen LogP contribution is -2.47. The normalized spacial score (nSPS) is 11.2. The number of amides is 3. The van der Waals surface area contributed by atoms with Gasteiger partial charge in [-0.3, -0.25) is 16.0 Å². The fraction of sp³-hybridized carbons (Fsp3) is 0.275. The van der Waals surface area contributed by atoms with Crippen molar-refractivity contribution in [1.82, 2.24) is 10.6 Å². The first kappa shape index (κ1) is 39.1. The first-order chi connectivity index (χ1) is 24.2. The molecule has 11 nitrogen and oxygen atoms in total. The van der Waals surface area contributed by atoms with Gasteiger partial charge in [0, 0.05) is 17.0 Å². The van der Waals surface area contributed by atoms with Gasteiger partial charge < -0.3 is 14.2 Å². The van der Waals surface area contributed by atoms with E-state index >= 15 is 0 Å². The molecule has 272 valence electrons. The molecule has 1 heterocycles. The summed E-state index contributed by atoms with van der Waals surface area (Å²) >= 11 is 0. The number of hydrogen-bond acceptors (Lipinski definition) is 7. The molecule has 52 heavy (non-hydrogen) atoms. The molecular formula is C40H45ClN5O6+. The molecule has 3 amide bonds. The fourth-order valence-corrected chi connectivity index (χ4v) is 5.49. The van der Waals surface area contributed by atoms with Crippen LogP contribution in [-0.4, -0.2) is 35.4 Å². The number of carbonyl (C=O) groups excluding carboxylic acids is 3. The Kier molecular flexibility index (Phi) is 12.5. The zero-order valence-corrected chi connectivity index (χ0v) is 31.2. The largest absolute Gasteiger partial charge is 0.444 e. The second kappa shape index (κ2) is 16.6. The number of nitrogens with one attached hydrogen (secondary N) is 3. The first-order valence-corrected chi connectivity index (χ1v) is 16.7. The van der Waals surface area contributed by atoms with E-state index in [4.69, 9.17) is 14.2 Å². The predicted molar refractivity (Wildman–Crippen MR) is 206 cm³/mol. The number of anilines is 1. The second-order valence-electron chi connectivity index (χ2n) is 13.8. The maximum atomic E-state index is 12.8. The van der Waals surface area contributed by atoms with Crippen molar-refractivity contribution in [3.63, 3.8) is 0 Å². The third-order valence-corrected chi connectivity index (χ3v) is 7.41. The van der Waals surface area contributed by atoms with E-state index in [1.165, 1.54) is 0 Å². The van der Waals surface area contributed by atoms with Crippen molar-refractivity contribution in [2.24, 2.45) is 4.99 Å². The monoisotopic (exact) mass is 726 g/mol. The molecule has 5 rings (SSSR count). The summed E-state index contributed by atoms with van der Waals surface area (Å²) in [7, 11) is 0. The summed E-state index contributed by atoms with van der Waals surface area (Å²) < 4.78 is 18.5. The van der Waals surface area contributed by atoms with Crippen LogP contribution in [0.3, 0.4) is 0 Å². The van der Waals surface area contributed by atoms with Crippen LogP contribution in [0, 0.1) is 0 Å². The molecular weight excluding hydrogens is 682 g/mol. The minimum Gasteiger partial charge on any atom is -0.444 e. The van der Waals surface area contributed by atoms with Gasteiger partial charge >= 0.3 is 18.3 Å². The van der Waals surface area contributed by atoms with E-state index in [0.29, 0.717) is 17.9 Å². The van der Waals surface area contributed by atoms with Gasteiger partial charge in [-0.1, -0.05) is 54.6 Å². The molecule has 12 heteroatoms. The third-order valence-electron chi connectivity index (χ3n) is 7.41. The van der Waals surface area contributed by atoms with Crippen molar-refractivity contribution in [1.29, 1.82) is 0 Å². The number of hydrogen-bond donors (Lipinski definition) is 3. The van der Waals surface area contributed by atoms with Crippen LogP contribution >= 0.6 is 12.4 Å². The van der Waals surface area contributed by atoms with Crippen molar-refractivity contribution in [2.75, 3.05) is 5.32 Å². The Morgan fingerprint density at radius 3 is 1.85 bits per heavy atom. The summed E-state index contributed by atoms with van der Waals surface area (Å²) in [5, 5.41) is 10.7. The van der Waals surface area contributed by atoms with Crippen molar-refractivity contribution in [2.45, 2.75) is 72.8 Å². The number of ether oxygens (including phenoxy) is 3. The number of aromatic nitrogens is 1. The lowest BCUT2D eigenvalue weighted by Gasteiger charge is -2.22. The number of rotatable bonds is 6. The highest BCUT2D eigenvalue weighted by Crippen LogP contribution is 2.35. The molecule has 5 aromatic rings. The van der Waals surface area contributed by atoms with Gasteiger partial charge in [0.2, 0.25) is 17.2 Å². The van der Waals surface area contributed by atoms with Gasteiger partial charge in [-0.2, -0.15) is 4.57 Å². The molecule has 4 aromatic carbocycles. The summed E-state index contributed by atoms with van der Waals surface area (Å²) in [6.07, 6.45) is -2.12. The van der Waals surface area contributed by atoms with E-state index in [1.807, 2.05) is 91.0 Å². The topological polar surface area (TPSA) is 131 Å². The van der Waals surface area contributed by atoms with Crippen molar-refractivity contribution in [3.05, 3.63) is 103 Å². The molecule has 0 fully saturated rings. The van der Waals surface area contributed by atoms with E-state index in [9.17, 15) is 14.4 Å². The van der Waals surface area contributed by atoms with Crippen LogP contribution in [0.1, 0.15) is 54.0 Å². The number of pyridine rings is 1. The zero-order valence-electron chi connectivity index (χ0n) is 30.4. The molecule has 0 bridgehead atoms. The van der Waals surface area contributed by atoms with Gasteiger partial charge in [-0.05, 0) is 90.4 Å². The molecule has 0 saturated carbocycles. The Bertz CT molecular complexity index is 2060. The SMILES string of the molecule is CC[n+]1c(-c2ccccc2)c2cc(N=C(NC(=O)OC(C)(C)C)NC(=O)OC(C)(C)C)ccc2c2ccc(NC(=O)OCc3ccccc3)cc21.Cl. The Hall–Kier alpha value is -5.68. The summed E-state index contributed by atoms with van der Waals surface area (Å²) in [5.74, 6) is -0.155. The third kappa shape index (κ3) is 10.4. The number of benzene rings is 4.